The van der Waals surface area contributed by atoms with Crippen LogP contribution in [-0.2, 0) is 36.7 Å². The SMILES string of the molecule is C=CCN(C)c1ncc(S(=O)(=O)NC2CCC(C(=O)N[C@H](C)c3ccc(F)cc3)CC2)cc1Br.Cc1cn(C)c2ncc(S(=O)(=O)NC3CCC(C(=O)N[C@H](C)c4ccc(F)cc4)CC3)cc12. The highest BCUT2D eigenvalue weighted by atomic mass is 79.9. The lowest BCUT2D eigenvalue weighted by Crippen LogP contribution is -2.41. The monoisotopic (exact) mass is 1020 g/mol. The number of sulfonamides is 2. The molecule has 0 saturated heterocycles. The molecule has 2 saturated carbocycles. The quantitative estimate of drug-likeness (QED) is 0.0754. The van der Waals surface area contributed by atoms with Gasteiger partial charge in [-0.25, -0.2) is 45.0 Å². The first-order valence-corrected chi connectivity index (χ1v) is 26.1. The van der Waals surface area contributed by atoms with E-state index in [-0.39, 0.29) is 69.2 Å². The lowest BCUT2D eigenvalue weighted by Gasteiger charge is -2.29. The number of carbonyl (C=O) groups is 2. The minimum atomic E-state index is -3.75. The van der Waals surface area contributed by atoms with Crippen LogP contribution in [-0.4, -0.2) is 68.9 Å². The molecule has 0 radical (unpaired) electrons. The van der Waals surface area contributed by atoms with Crippen LogP contribution < -0.4 is 25.0 Å². The number of amides is 2. The minimum absolute atomic E-state index is 0.0534. The molecular formula is C48H59BrF2N8O6S2. The van der Waals surface area contributed by atoms with E-state index < -0.39 is 20.0 Å². The summed E-state index contributed by atoms with van der Waals surface area (Å²) in [6, 6.07) is 14.4. The maximum absolute atomic E-state index is 13.1. The molecule has 19 heteroatoms. The topological polar surface area (TPSA) is 184 Å². The molecule has 2 amide bonds. The number of hydrogen-bond acceptors (Lipinski definition) is 9. The fourth-order valence-corrected chi connectivity index (χ4v) is 11.9. The lowest BCUT2D eigenvalue weighted by atomic mass is 9.85. The van der Waals surface area contributed by atoms with Crippen molar-refractivity contribution in [1.29, 1.82) is 0 Å². The number of fused-ring (bicyclic) bond motifs is 1. The van der Waals surface area contributed by atoms with Gasteiger partial charge in [0.25, 0.3) is 0 Å². The van der Waals surface area contributed by atoms with E-state index in [1.165, 1.54) is 36.7 Å². The Labute approximate surface area is 400 Å². The Balaban J connectivity index is 0.000000221. The third-order valence-corrected chi connectivity index (χ3v) is 16.0. The van der Waals surface area contributed by atoms with E-state index in [9.17, 15) is 35.2 Å². The summed E-state index contributed by atoms with van der Waals surface area (Å²) in [5.74, 6) is -0.472. The van der Waals surface area contributed by atoms with Crippen molar-refractivity contribution in [2.75, 3.05) is 18.5 Å². The summed E-state index contributed by atoms with van der Waals surface area (Å²) in [7, 11) is -3.73. The molecular weight excluding hydrogens is 967 g/mol. The highest BCUT2D eigenvalue weighted by molar-refractivity contribution is 9.10. The van der Waals surface area contributed by atoms with Crippen LogP contribution in [0.25, 0.3) is 11.0 Å². The van der Waals surface area contributed by atoms with Crippen molar-refractivity contribution in [2.45, 2.75) is 106 Å². The predicted molar refractivity (Wildman–Crippen MR) is 259 cm³/mol. The maximum atomic E-state index is 13.1. The molecule has 3 aromatic heterocycles. The van der Waals surface area contributed by atoms with Gasteiger partial charge in [-0.05, 0) is 141 Å². The zero-order chi connectivity index (χ0) is 48.6. The van der Waals surface area contributed by atoms with Crippen LogP contribution in [0.1, 0.15) is 94.0 Å². The first kappa shape index (κ1) is 51.3. The molecule has 0 spiro atoms. The van der Waals surface area contributed by atoms with E-state index >= 15 is 0 Å². The van der Waals surface area contributed by atoms with E-state index in [1.54, 1.807) is 42.5 Å². The summed E-state index contributed by atoms with van der Waals surface area (Å²) in [5.41, 5.74) is 3.38. The molecule has 2 fully saturated rings. The second-order valence-electron chi connectivity index (χ2n) is 17.5. The highest BCUT2D eigenvalue weighted by Gasteiger charge is 2.32. The third kappa shape index (κ3) is 13.3. The van der Waals surface area contributed by atoms with Gasteiger partial charge in [-0.2, -0.15) is 0 Å². The molecule has 4 N–H and O–H groups in total. The summed E-state index contributed by atoms with van der Waals surface area (Å²) in [5, 5.41) is 6.78. The van der Waals surface area contributed by atoms with E-state index in [0.717, 1.165) is 27.7 Å². The first-order chi connectivity index (χ1) is 31.7. The van der Waals surface area contributed by atoms with E-state index in [2.05, 4.69) is 52.6 Å². The summed E-state index contributed by atoms with van der Waals surface area (Å²) in [4.78, 5) is 36.1. The zero-order valence-electron chi connectivity index (χ0n) is 38.3. The highest BCUT2D eigenvalue weighted by Crippen LogP contribution is 2.30. The van der Waals surface area contributed by atoms with Gasteiger partial charge in [-0.15, -0.1) is 6.58 Å². The normalized spacial score (nSPS) is 19.6. The summed E-state index contributed by atoms with van der Waals surface area (Å²) in [6.45, 7) is 9.93. The summed E-state index contributed by atoms with van der Waals surface area (Å²) < 4.78 is 85.9. The van der Waals surface area contributed by atoms with Gasteiger partial charge in [0, 0.05) is 68.5 Å². The fraction of sp³-hybridized carbons (Fsp3) is 0.417. The molecule has 2 aliphatic carbocycles. The van der Waals surface area contributed by atoms with Crippen LogP contribution in [0, 0.1) is 30.4 Å². The number of nitrogens with one attached hydrogen (secondary N) is 4. The Morgan fingerprint density at radius 1 is 0.776 bits per heavy atom. The molecule has 0 aliphatic heterocycles. The Kier molecular flexibility index (Phi) is 17.1. The first-order valence-electron chi connectivity index (χ1n) is 22.3. The van der Waals surface area contributed by atoms with Crippen molar-refractivity contribution < 1.29 is 35.2 Å². The molecule has 67 heavy (non-hydrogen) atoms. The largest absolute Gasteiger partial charge is 0.355 e. The van der Waals surface area contributed by atoms with Gasteiger partial charge in [-0.3, -0.25) is 9.59 Å². The second kappa shape index (κ2) is 22.4. The van der Waals surface area contributed by atoms with Crippen LogP contribution in [0.5, 0.6) is 0 Å². The average Bonchev–Trinajstić information content (AvgIpc) is 3.58. The van der Waals surface area contributed by atoms with Crippen LogP contribution in [0.2, 0.25) is 0 Å². The number of rotatable bonds is 15. The number of anilines is 1. The van der Waals surface area contributed by atoms with Gasteiger partial charge in [0.1, 0.15) is 32.9 Å². The van der Waals surface area contributed by atoms with Gasteiger partial charge in [0.05, 0.1) is 16.6 Å². The van der Waals surface area contributed by atoms with Gasteiger partial charge < -0.3 is 20.1 Å². The number of likely N-dealkylation sites (N-methyl/N-ethyl adjacent to an activating group) is 1. The molecule has 360 valence electrons. The number of pyridine rings is 2. The van der Waals surface area contributed by atoms with E-state index in [4.69, 9.17) is 0 Å². The average molecular weight is 1030 g/mol. The Bertz CT molecular complexity index is 2760. The molecule has 14 nitrogen and oxygen atoms in total. The Morgan fingerprint density at radius 2 is 1.21 bits per heavy atom. The number of carbonyl (C=O) groups excluding carboxylic acids is 2. The minimum Gasteiger partial charge on any atom is -0.355 e. The molecule has 2 atom stereocenters. The van der Waals surface area contributed by atoms with Crippen molar-refractivity contribution >= 4 is 64.6 Å². The van der Waals surface area contributed by atoms with Crippen LogP contribution >= 0.6 is 15.9 Å². The second-order valence-corrected chi connectivity index (χ2v) is 21.8. The smallest absolute Gasteiger partial charge is 0.242 e. The molecule has 5 aromatic rings. The van der Waals surface area contributed by atoms with Crippen molar-refractivity contribution in [2.24, 2.45) is 18.9 Å². The Hall–Kier alpha value is -5.08. The van der Waals surface area contributed by atoms with E-state index in [1.807, 2.05) is 50.5 Å². The number of benzene rings is 2. The number of nitrogens with zero attached hydrogens (tertiary/aromatic N) is 4. The fourth-order valence-electron chi connectivity index (χ4n) is 8.55. The van der Waals surface area contributed by atoms with Gasteiger partial charge in [0.2, 0.25) is 31.9 Å². The zero-order valence-corrected chi connectivity index (χ0v) is 41.5. The van der Waals surface area contributed by atoms with Gasteiger partial charge in [0.15, 0.2) is 0 Å². The van der Waals surface area contributed by atoms with Crippen molar-refractivity contribution in [3.8, 4) is 0 Å². The molecule has 7 rings (SSSR count). The van der Waals surface area contributed by atoms with Crippen molar-refractivity contribution in [3.63, 3.8) is 0 Å². The van der Waals surface area contributed by atoms with Crippen LogP contribution in [0.3, 0.4) is 0 Å². The van der Waals surface area contributed by atoms with Crippen LogP contribution in [0.4, 0.5) is 14.6 Å². The molecule has 2 aromatic carbocycles. The van der Waals surface area contributed by atoms with Gasteiger partial charge >= 0.3 is 0 Å². The number of halogens is 3. The number of hydrogen-bond donors (Lipinski definition) is 4. The molecule has 0 unspecified atom stereocenters. The Morgan fingerprint density at radius 3 is 1.64 bits per heavy atom. The maximum Gasteiger partial charge on any atom is 0.242 e. The summed E-state index contributed by atoms with van der Waals surface area (Å²) in [6.07, 6.45) is 11.1. The van der Waals surface area contributed by atoms with Crippen molar-refractivity contribution in [1.82, 2.24) is 34.6 Å². The third-order valence-electron chi connectivity index (χ3n) is 12.5. The standard InChI is InChI=1S/C24H30BrFN4O3S.C24H29FN4O3S/c1-4-13-30(3)23-22(25)14-21(15-27-23)34(32,33)29-20-11-7-18(8-12-20)24(31)28-16(2)17-5-9-19(26)10-6-17;1-15-14-29(3)23-22(15)12-21(13-26-23)33(31,32)28-20-10-6-18(7-11-20)24(30)27-16(2)17-4-8-19(25)9-5-17/h4-6,9-10,14-16,18,20,29H,1,7-8,11-13H2,2-3H3,(H,28,31);4-5,8-9,12-14,16,18,20,28H,6-7,10-11H2,1-3H3,(H,27,30)/t2*16-,18?,20?/m11/s1. The van der Waals surface area contributed by atoms with Gasteiger partial charge in [-0.1, -0.05) is 30.3 Å². The van der Waals surface area contributed by atoms with E-state index in [0.29, 0.717) is 68.2 Å². The molecule has 0 bridgehead atoms. The molecule has 3 heterocycles. The lowest BCUT2D eigenvalue weighted by molar-refractivity contribution is -0.127. The van der Waals surface area contributed by atoms with Crippen LogP contribution in [0.15, 0.2) is 106 Å². The number of aromatic nitrogens is 3. The molecule has 2 aliphatic rings. The number of aryl methyl sites for hydroxylation is 2. The predicted octanol–water partition coefficient (Wildman–Crippen LogP) is 8.06. The summed E-state index contributed by atoms with van der Waals surface area (Å²) >= 11 is 3.41. The van der Waals surface area contributed by atoms with Crippen molar-refractivity contribution in [3.05, 3.63) is 125 Å².